The highest BCUT2D eigenvalue weighted by atomic mass is 16.4. The molecule has 1 N–H and O–H groups in total. The fraction of sp³-hybridized carbons (Fsp3) is 0.214. The molecule has 0 unspecified atom stereocenters. The van der Waals surface area contributed by atoms with Crippen molar-refractivity contribution in [2.24, 2.45) is 0 Å². The van der Waals surface area contributed by atoms with E-state index in [1.54, 1.807) is 0 Å². The number of hydrogen-bond acceptors (Lipinski definition) is 3. The topological polar surface area (TPSA) is 50.4 Å². The molecule has 0 saturated heterocycles. The Hall–Kier alpha value is -2.03. The Kier molecular flexibility index (Phi) is 3.60. The van der Waals surface area contributed by atoms with Crippen LogP contribution in [0.4, 0.5) is 0 Å². The second-order valence-electron chi connectivity index (χ2n) is 3.94. The quantitative estimate of drug-likeness (QED) is 0.878. The summed E-state index contributed by atoms with van der Waals surface area (Å²) in [4.78, 5) is 11.0. The van der Waals surface area contributed by atoms with Gasteiger partial charge in [0.25, 0.3) is 0 Å². The Morgan fingerprint density at radius 1 is 1.06 bits per heavy atom. The lowest BCUT2D eigenvalue weighted by Gasteiger charge is -2.01. The molecular weight excluding hydrogens is 216 g/mol. The number of benzene rings is 1. The molecule has 0 aliphatic rings. The zero-order chi connectivity index (χ0) is 12.1. The summed E-state index contributed by atoms with van der Waals surface area (Å²) < 4.78 is 4.98. The van der Waals surface area contributed by atoms with Crippen LogP contribution in [0.2, 0.25) is 0 Å². The smallest absolute Gasteiger partial charge is 0.339 e. The first kappa shape index (κ1) is 11.5. The highest BCUT2D eigenvalue weighted by Crippen LogP contribution is 2.11. The van der Waals surface area contributed by atoms with Crippen LogP contribution in [0.3, 0.4) is 0 Å². The predicted molar refractivity (Wildman–Crippen MR) is 65.1 cm³/mol. The highest BCUT2D eigenvalue weighted by molar-refractivity contribution is 5.19. The average Bonchev–Trinajstić information content (AvgIpc) is 2.29. The largest absolute Gasteiger partial charge is 0.508 e. The van der Waals surface area contributed by atoms with Crippen molar-refractivity contribution in [3.63, 3.8) is 0 Å². The van der Waals surface area contributed by atoms with E-state index in [2.05, 4.69) is 12.1 Å². The zero-order valence-corrected chi connectivity index (χ0v) is 9.43. The van der Waals surface area contributed by atoms with Gasteiger partial charge in [0.15, 0.2) is 0 Å². The van der Waals surface area contributed by atoms with Gasteiger partial charge in [-0.05, 0) is 18.4 Å². The van der Waals surface area contributed by atoms with Gasteiger partial charge in [-0.3, -0.25) is 0 Å². The second kappa shape index (κ2) is 5.34. The van der Waals surface area contributed by atoms with E-state index in [9.17, 15) is 9.90 Å². The van der Waals surface area contributed by atoms with Gasteiger partial charge in [-0.2, -0.15) is 0 Å². The van der Waals surface area contributed by atoms with Gasteiger partial charge >= 0.3 is 5.63 Å². The van der Waals surface area contributed by atoms with Crippen LogP contribution in [-0.4, -0.2) is 5.11 Å². The van der Waals surface area contributed by atoms with Crippen LogP contribution in [-0.2, 0) is 12.8 Å². The predicted octanol–water partition coefficient (Wildman–Crippen LogP) is 2.52. The molecular formula is C14H14O3. The first-order chi connectivity index (χ1) is 8.24. The molecule has 2 rings (SSSR count). The number of aromatic hydroxyl groups is 1. The van der Waals surface area contributed by atoms with E-state index >= 15 is 0 Å². The van der Waals surface area contributed by atoms with Crippen molar-refractivity contribution in [1.82, 2.24) is 0 Å². The molecule has 1 aromatic heterocycles. The molecule has 1 aromatic carbocycles. The lowest BCUT2D eigenvalue weighted by Crippen LogP contribution is -1.99. The summed E-state index contributed by atoms with van der Waals surface area (Å²) in [6.07, 6.45) is 2.47. The first-order valence-corrected chi connectivity index (χ1v) is 5.61. The summed E-state index contributed by atoms with van der Waals surface area (Å²) in [5.41, 5.74) is 0.759. The Morgan fingerprint density at radius 2 is 1.82 bits per heavy atom. The Balaban J connectivity index is 1.92. The summed E-state index contributed by atoms with van der Waals surface area (Å²) in [7, 11) is 0. The molecule has 88 valence electrons. The van der Waals surface area contributed by atoms with Gasteiger partial charge in [-0.15, -0.1) is 0 Å². The summed E-state index contributed by atoms with van der Waals surface area (Å²) >= 11 is 0. The molecule has 0 saturated carbocycles. The van der Waals surface area contributed by atoms with Crippen LogP contribution in [0.1, 0.15) is 17.7 Å². The van der Waals surface area contributed by atoms with Crippen molar-refractivity contribution in [2.45, 2.75) is 19.3 Å². The van der Waals surface area contributed by atoms with Crippen LogP contribution in [0.5, 0.6) is 5.75 Å². The standard InChI is InChI=1S/C14H14O3/c15-12-9-13(17-14(16)10-12)8-4-7-11-5-2-1-3-6-11/h1-3,5-6,9-10,15H,4,7-8H2. The van der Waals surface area contributed by atoms with Gasteiger partial charge in [0.1, 0.15) is 11.5 Å². The number of hydrogen-bond donors (Lipinski definition) is 1. The molecule has 0 aliphatic heterocycles. The van der Waals surface area contributed by atoms with Gasteiger partial charge in [0.2, 0.25) is 0 Å². The lowest BCUT2D eigenvalue weighted by molar-refractivity contribution is 0.421. The van der Waals surface area contributed by atoms with Gasteiger partial charge in [-0.25, -0.2) is 4.79 Å². The van der Waals surface area contributed by atoms with Crippen molar-refractivity contribution in [3.8, 4) is 5.75 Å². The molecule has 0 bridgehead atoms. The SMILES string of the molecule is O=c1cc(O)cc(CCCc2ccccc2)o1. The summed E-state index contributed by atoms with van der Waals surface area (Å²) in [6, 6.07) is 12.7. The zero-order valence-electron chi connectivity index (χ0n) is 9.43. The third kappa shape index (κ3) is 3.48. The van der Waals surface area contributed by atoms with E-state index in [1.807, 2.05) is 18.2 Å². The minimum Gasteiger partial charge on any atom is -0.508 e. The minimum absolute atomic E-state index is 0.0315. The molecule has 0 radical (unpaired) electrons. The van der Waals surface area contributed by atoms with Crippen LogP contribution in [0, 0.1) is 0 Å². The van der Waals surface area contributed by atoms with E-state index < -0.39 is 5.63 Å². The van der Waals surface area contributed by atoms with E-state index in [0.717, 1.165) is 18.9 Å². The third-order valence-corrected chi connectivity index (χ3v) is 2.54. The van der Waals surface area contributed by atoms with Gasteiger partial charge in [-0.1, -0.05) is 30.3 Å². The number of aryl methyl sites for hydroxylation is 2. The van der Waals surface area contributed by atoms with E-state index in [0.29, 0.717) is 12.2 Å². The fourth-order valence-electron chi connectivity index (χ4n) is 1.75. The molecule has 0 atom stereocenters. The maximum Gasteiger partial charge on any atom is 0.339 e. The molecule has 17 heavy (non-hydrogen) atoms. The van der Waals surface area contributed by atoms with Crippen molar-refractivity contribution < 1.29 is 9.52 Å². The maximum atomic E-state index is 11.0. The molecule has 2 aromatic rings. The van der Waals surface area contributed by atoms with Crippen LogP contribution in [0.25, 0.3) is 0 Å². The summed E-state index contributed by atoms with van der Waals surface area (Å²) in [5.74, 6) is 0.502. The molecule has 0 spiro atoms. The van der Waals surface area contributed by atoms with E-state index in [4.69, 9.17) is 4.42 Å². The monoisotopic (exact) mass is 230 g/mol. The molecule has 3 nitrogen and oxygen atoms in total. The van der Waals surface area contributed by atoms with Gasteiger partial charge in [0.05, 0.1) is 6.07 Å². The van der Waals surface area contributed by atoms with E-state index in [1.165, 1.54) is 11.6 Å². The summed E-state index contributed by atoms with van der Waals surface area (Å²) in [5, 5.41) is 9.25. The van der Waals surface area contributed by atoms with Gasteiger partial charge in [0, 0.05) is 12.5 Å². The van der Waals surface area contributed by atoms with Crippen molar-refractivity contribution in [2.75, 3.05) is 0 Å². The molecule has 3 heteroatoms. The normalized spacial score (nSPS) is 10.4. The maximum absolute atomic E-state index is 11.0. The van der Waals surface area contributed by atoms with Crippen molar-refractivity contribution >= 4 is 0 Å². The first-order valence-electron chi connectivity index (χ1n) is 5.61. The van der Waals surface area contributed by atoms with E-state index in [-0.39, 0.29) is 5.75 Å². The van der Waals surface area contributed by atoms with Crippen LogP contribution >= 0.6 is 0 Å². The minimum atomic E-state index is -0.500. The molecule has 0 amide bonds. The van der Waals surface area contributed by atoms with Crippen LogP contribution in [0.15, 0.2) is 51.7 Å². The Labute approximate surface area is 99.3 Å². The van der Waals surface area contributed by atoms with Crippen molar-refractivity contribution in [3.05, 3.63) is 64.2 Å². The van der Waals surface area contributed by atoms with Gasteiger partial charge < -0.3 is 9.52 Å². The lowest BCUT2D eigenvalue weighted by atomic mass is 10.1. The third-order valence-electron chi connectivity index (χ3n) is 2.54. The average molecular weight is 230 g/mol. The van der Waals surface area contributed by atoms with Crippen molar-refractivity contribution in [1.29, 1.82) is 0 Å². The second-order valence-corrected chi connectivity index (χ2v) is 3.94. The molecule has 0 aliphatic carbocycles. The Morgan fingerprint density at radius 3 is 2.53 bits per heavy atom. The molecule has 1 heterocycles. The Bertz CT molecular complexity index is 529. The molecule has 0 fully saturated rings. The summed E-state index contributed by atoms with van der Waals surface area (Å²) in [6.45, 7) is 0. The highest BCUT2D eigenvalue weighted by Gasteiger charge is 2.01. The number of rotatable bonds is 4. The van der Waals surface area contributed by atoms with Crippen LogP contribution < -0.4 is 5.63 Å². The fourth-order valence-corrected chi connectivity index (χ4v) is 1.75.